The van der Waals surface area contributed by atoms with Gasteiger partial charge in [0.05, 0.1) is 16.9 Å². The SMILES string of the molecule is O=c1c2ccccc2c(C=Nc2cccc(O)c2)c(O)n1-c1ccc2c(c1)OCO2. The first-order chi connectivity index (χ1) is 14.6. The Morgan fingerprint density at radius 3 is 2.53 bits per heavy atom. The zero-order valence-electron chi connectivity index (χ0n) is 15.6. The van der Waals surface area contributed by atoms with E-state index in [9.17, 15) is 15.0 Å². The smallest absolute Gasteiger partial charge is 0.265 e. The minimum absolute atomic E-state index is 0.0871. The van der Waals surface area contributed by atoms with Crippen molar-refractivity contribution < 1.29 is 19.7 Å². The molecule has 3 aromatic carbocycles. The van der Waals surface area contributed by atoms with E-state index in [0.29, 0.717) is 39.2 Å². The minimum Gasteiger partial charge on any atom is -0.508 e. The molecule has 0 bridgehead atoms. The molecule has 4 aromatic rings. The predicted octanol–water partition coefficient (Wildman–Crippen LogP) is 3.88. The van der Waals surface area contributed by atoms with Crippen molar-refractivity contribution >= 4 is 22.7 Å². The zero-order chi connectivity index (χ0) is 20.7. The maximum Gasteiger partial charge on any atom is 0.265 e. The summed E-state index contributed by atoms with van der Waals surface area (Å²) < 4.78 is 11.9. The summed E-state index contributed by atoms with van der Waals surface area (Å²) in [5.74, 6) is 0.921. The van der Waals surface area contributed by atoms with Gasteiger partial charge in [0.25, 0.3) is 5.56 Å². The second kappa shape index (κ2) is 6.97. The number of nitrogens with zero attached hydrogens (tertiary/aromatic N) is 2. The fourth-order valence-corrected chi connectivity index (χ4v) is 3.47. The first kappa shape index (κ1) is 17.8. The van der Waals surface area contributed by atoms with Crippen molar-refractivity contribution in [3.05, 3.63) is 82.6 Å². The van der Waals surface area contributed by atoms with Gasteiger partial charge in [-0.05, 0) is 30.3 Å². The van der Waals surface area contributed by atoms with Gasteiger partial charge in [0.2, 0.25) is 12.7 Å². The van der Waals surface area contributed by atoms with Crippen LogP contribution in [0, 0.1) is 0 Å². The Bertz CT molecular complexity index is 1370. The highest BCUT2D eigenvalue weighted by Crippen LogP contribution is 2.35. The van der Waals surface area contributed by atoms with Crippen molar-refractivity contribution in [2.75, 3.05) is 6.79 Å². The Balaban J connectivity index is 1.74. The Morgan fingerprint density at radius 1 is 0.900 bits per heavy atom. The molecule has 148 valence electrons. The van der Waals surface area contributed by atoms with Gasteiger partial charge in [-0.25, -0.2) is 4.57 Å². The van der Waals surface area contributed by atoms with Crippen molar-refractivity contribution in [2.24, 2.45) is 4.99 Å². The molecule has 7 nitrogen and oxygen atoms in total. The number of phenolic OH excluding ortho intramolecular Hbond substituents is 1. The minimum atomic E-state index is -0.364. The molecule has 0 aliphatic carbocycles. The molecule has 2 N–H and O–H groups in total. The van der Waals surface area contributed by atoms with Gasteiger partial charge in [0, 0.05) is 29.1 Å². The fourth-order valence-electron chi connectivity index (χ4n) is 3.47. The van der Waals surface area contributed by atoms with Crippen molar-refractivity contribution in [3.63, 3.8) is 0 Å². The van der Waals surface area contributed by atoms with Crippen LogP contribution >= 0.6 is 0 Å². The van der Waals surface area contributed by atoms with Crippen LogP contribution in [0.15, 0.2) is 76.5 Å². The third-order valence-electron chi connectivity index (χ3n) is 4.89. The molecule has 1 aromatic heterocycles. The van der Waals surface area contributed by atoms with Crippen molar-refractivity contribution in [3.8, 4) is 28.8 Å². The topological polar surface area (TPSA) is 93.3 Å². The van der Waals surface area contributed by atoms with Gasteiger partial charge in [-0.3, -0.25) is 9.79 Å². The van der Waals surface area contributed by atoms with Crippen LogP contribution in [0.5, 0.6) is 23.1 Å². The average Bonchev–Trinajstić information content (AvgIpc) is 3.22. The molecule has 0 atom stereocenters. The van der Waals surface area contributed by atoms with E-state index in [-0.39, 0.29) is 24.0 Å². The number of ether oxygens (including phenoxy) is 2. The quantitative estimate of drug-likeness (QED) is 0.509. The molecule has 5 rings (SSSR count). The summed E-state index contributed by atoms with van der Waals surface area (Å²) in [4.78, 5) is 17.5. The van der Waals surface area contributed by atoms with E-state index in [1.54, 1.807) is 60.7 Å². The molecule has 1 aliphatic rings. The zero-order valence-corrected chi connectivity index (χ0v) is 15.6. The van der Waals surface area contributed by atoms with Gasteiger partial charge in [-0.1, -0.05) is 24.3 Å². The Hall–Kier alpha value is -4.26. The van der Waals surface area contributed by atoms with Crippen LogP contribution in [0.3, 0.4) is 0 Å². The molecule has 0 radical (unpaired) electrons. The summed E-state index contributed by atoms with van der Waals surface area (Å²) in [6.45, 7) is 0.110. The molecule has 0 fully saturated rings. The van der Waals surface area contributed by atoms with Gasteiger partial charge in [-0.2, -0.15) is 0 Å². The first-order valence-electron chi connectivity index (χ1n) is 9.21. The highest BCUT2D eigenvalue weighted by atomic mass is 16.7. The number of aromatic hydroxyl groups is 2. The summed E-state index contributed by atoms with van der Waals surface area (Å²) in [6.07, 6.45) is 1.48. The molecule has 0 amide bonds. The Kier molecular flexibility index (Phi) is 4.14. The van der Waals surface area contributed by atoms with Gasteiger partial charge >= 0.3 is 0 Å². The molecule has 0 unspecified atom stereocenters. The number of aromatic nitrogens is 1. The van der Waals surface area contributed by atoms with E-state index in [1.165, 1.54) is 16.8 Å². The van der Waals surface area contributed by atoms with E-state index in [4.69, 9.17) is 9.47 Å². The lowest BCUT2D eigenvalue weighted by Gasteiger charge is -2.14. The lowest BCUT2D eigenvalue weighted by Crippen LogP contribution is -2.20. The van der Waals surface area contributed by atoms with Crippen molar-refractivity contribution in [1.29, 1.82) is 0 Å². The summed E-state index contributed by atoms with van der Waals surface area (Å²) >= 11 is 0. The number of phenols is 1. The number of fused-ring (bicyclic) bond motifs is 2. The van der Waals surface area contributed by atoms with Crippen LogP contribution in [0.2, 0.25) is 0 Å². The molecule has 2 heterocycles. The van der Waals surface area contributed by atoms with Crippen LogP contribution in [0.1, 0.15) is 5.56 Å². The van der Waals surface area contributed by atoms with Crippen LogP contribution in [0.4, 0.5) is 5.69 Å². The van der Waals surface area contributed by atoms with E-state index in [0.717, 1.165) is 0 Å². The fraction of sp³-hybridized carbons (Fsp3) is 0.0435. The van der Waals surface area contributed by atoms with Gasteiger partial charge < -0.3 is 19.7 Å². The van der Waals surface area contributed by atoms with Crippen LogP contribution < -0.4 is 15.0 Å². The average molecular weight is 400 g/mol. The lowest BCUT2D eigenvalue weighted by molar-refractivity contribution is 0.174. The molecular formula is C23H16N2O5. The van der Waals surface area contributed by atoms with Crippen LogP contribution in [-0.2, 0) is 0 Å². The third kappa shape index (κ3) is 2.93. The number of rotatable bonds is 3. The number of pyridine rings is 1. The monoisotopic (exact) mass is 400 g/mol. The number of benzene rings is 3. The van der Waals surface area contributed by atoms with E-state index in [1.807, 2.05) is 0 Å². The van der Waals surface area contributed by atoms with E-state index < -0.39 is 0 Å². The normalized spacial score (nSPS) is 12.7. The first-order valence-corrected chi connectivity index (χ1v) is 9.21. The molecule has 0 saturated heterocycles. The third-order valence-corrected chi connectivity index (χ3v) is 4.89. The van der Waals surface area contributed by atoms with Crippen molar-refractivity contribution in [2.45, 2.75) is 0 Å². The molecule has 0 saturated carbocycles. The maximum absolute atomic E-state index is 13.2. The number of hydrogen-bond donors (Lipinski definition) is 2. The second-order valence-electron chi connectivity index (χ2n) is 6.74. The Morgan fingerprint density at radius 2 is 1.70 bits per heavy atom. The van der Waals surface area contributed by atoms with Gasteiger partial charge in [-0.15, -0.1) is 0 Å². The van der Waals surface area contributed by atoms with Crippen LogP contribution in [-0.4, -0.2) is 27.8 Å². The molecule has 1 aliphatic heterocycles. The van der Waals surface area contributed by atoms with Gasteiger partial charge in [0.1, 0.15) is 5.75 Å². The predicted molar refractivity (Wildman–Crippen MR) is 113 cm³/mol. The largest absolute Gasteiger partial charge is 0.508 e. The van der Waals surface area contributed by atoms with E-state index in [2.05, 4.69) is 4.99 Å². The number of aliphatic imine (C=N–C) groups is 1. The summed E-state index contributed by atoms with van der Waals surface area (Å²) in [7, 11) is 0. The molecular weight excluding hydrogens is 384 g/mol. The summed E-state index contributed by atoms with van der Waals surface area (Å²) in [6, 6.07) is 18.5. The second-order valence-corrected chi connectivity index (χ2v) is 6.74. The summed E-state index contributed by atoms with van der Waals surface area (Å²) in [5.41, 5.74) is 0.974. The molecule has 0 spiro atoms. The summed E-state index contributed by atoms with van der Waals surface area (Å²) in [5, 5.41) is 21.7. The molecule has 30 heavy (non-hydrogen) atoms. The lowest BCUT2D eigenvalue weighted by atomic mass is 10.1. The maximum atomic E-state index is 13.2. The van der Waals surface area contributed by atoms with Crippen LogP contribution in [0.25, 0.3) is 16.5 Å². The number of hydrogen-bond acceptors (Lipinski definition) is 6. The standard InChI is InChI=1S/C23H16N2O5/c26-16-5-3-4-14(10-16)24-12-19-17-6-1-2-7-18(17)22(27)25(23(19)28)15-8-9-20-21(11-15)30-13-29-20/h1-12,26,28H,13H2. The highest BCUT2D eigenvalue weighted by Gasteiger charge is 2.19. The van der Waals surface area contributed by atoms with Crippen molar-refractivity contribution in [1.82, 2.24) is 4.57 Å². The van der Waals surface area contributed by atoms with E-state index >= 15 is 0 Å². The molecule has 7 heteroatoms. The highest BCUT2D eigenvalue weighted by molar-refractivity contribution is 6.02. The van der Waals surface area contributed by atoms with Gasteiger partial charge in [0.15, 0.2) is 11.5 Å². The Labute approximate surface area is 170 Å².